The lowest BCUT2D eigenvalue weighted by Crippen LogP contribution is -2.57. The number of hydrogen-bond acceptors (Lipinski definition) is 2. The van der Waals surface area contributed by atoms with E-state index in [1.54, 1.807) is 24.3 Å². The molecule has 0 spiro atoms. The number of ketones is 1. The summed E-state index contributed by atoms with van der Waals surface area (Å²) in [6.45, 7) is 3.54. The molecule has 1 aromatic rings. The van der Waals surface area contributed by atoms with E-state index in [1.807, 2.05) is 6.92 Å². The van der Waals surface area contributed by atoms with Crippen molar-refractivity contribution < 1.29 is 14.1 Å². The summed E-state index contributed by atoms with van der Waals surface area (Å²) in [6.07, 6.45) is 4.95. The summed E-state index contributed by atoms with van der Waals surface area (Å²) in [6, 6.07) is 7.55. The second-order valence-electron chi connectivity index (χ2n) is 6.87. The lowest BCUT2D eigenvalue weighted by molar-refractivity contribution is -0.927. The quantitative estimate of drug-likeness (QED) is 0.670. The van der Waals surface area contributed by atoms with Gasteiger partial charge in [-0.2, -0.15) is 0 Å². The Morgan fingerprint density at radius 1 is 1.14 bits per heavy atom. The van der Waals surface area contributed by atoms with Crippen LogP contribution in [0, 0.1) is 0 Å². The van der Waals surface area contributed by atoms with E-state index in [-0.39, 0.29) is 17.7 Å². The van der Waals surface area contributed by atoms with Crippen LogP contribution in [-0.2, 0) is 4.79 Å². The van der Waals surface area contributed by atoms with Gasteiger partial charge in [0.15, 0.2) is 11.8 Å². The van der Waals surface area contributed by atoms with Crippen molar-refractivity contribution in [2.24, 2.45) is 0 Å². The third-order valence-electron chi connectivity index (χ3n) is 5.20. The van der Waals surface area contributed by atoms with Crippen molar-refractivity contribution in [2.75, 3.05) is 19.4 Å². The highest BCUT2D eigenvalue weighted by Gasteiger charge is 2.39. The topological polar surface area (TPSA) is 46.2 Å². The van der Waals surface area contributed by atoms with E-state index in [1.165, 1.54) is 32.6 Å². The first-order chi connectivity index (χ1) is 10.3. The van der Waals surface area contributed by atoms with Crippen LogP contribution in [0.25, 0.3) is 0 Å². The fourth-order valence-corrected chi connectivity index (χ4v) is 3.22. The largest absolute Gasteiger partial charge is 0.321 e. The molecule has 4 nitrogen and oxygen atoms in total. The van der Waals surface area contributed by atoms with Gasteiger partial charge in [-0.25, -0.2) is 0 Å². The normalized spacial score (nSPS) is 17.3. The van der Waals surface area contributed by atoms with Crippen molar-refractivity contribution in [3.8, 4) is 0 Å². The number of hydrogen-bond donors (Lipinski definition) is 1. The summed E-state index contributed by atoms with van der Waals surface area (Å²) < 4.78 is 0.733. The number of nitrogens with zero attached hydrogens (tertiary/aromatic N) is 1. The van der Waals surface area contributed by atoms with Crippen LogP contribution in [0.5, 0.6) is 0 Å². The molecule has 1 N–H and O–H groups in total. The van der Waals surface area contributed by atoms with Crippen molar-refractivity contribution in [1.29, 1.82) is 0 Å². The highest BCUT2D eigenvalue weighted by molar-refractivity contribution is 5.96. The number of benzene rings is 1. The first-order valence-corrected chi connectivity index (χ1v) is 8.07. The summed E-state index contributed by atoms with van der Waals surface area (Å²) >= 11 is 0. The highest BCUT2D eigenvalue weighted by atomic mass is 16.2. The molecule has 0 aliphatic heterocycles. The molecule has 1 aromatic carbocycles. The summed E-state index contributed by atoms with van der Waals surface area (Å²) in [5.41, 5.74) is 1.40. The van der Waals surface area contributed by atoms with Crippen molar-refractivity contribution in [3.63, 3.8) is 0 Å². The minimum absolute atomic E-state index is 0.0327. The molecule has 1 aliphatic rings. The van der Waals surface area contributed by atoms with Crippen molar-refractivity contribution in [3.05, 3.63) is 29.8 Å². The molecule has 120 valence electrons. The number of Topliss-reactive ketones (excluding diaryl/α,β-unsaturated/α-hetero) is 1. The number of anilines is 1. The van der Waals surface area contributed by atoms with Gasteiger partial charge in [0, 0.05) is 11.3 Å². The van der Waals surface area contributed by atoms with Crippen LogP contribution < -0.4 is 5.32 Å². The number of amides is 1. The zero-order chi connectivity index (χ0) is 16.3. The fourth-order valence-electron chi connectivity index (χ4n) is 3.22. The molecular weight excluding hydrogens is 276 g/mol. The van der Waals surface area contributed by atoms with Crippen molar-refractivity contribution in [2.45, 2.75) is 51.6 Å². The Morgan fingerprint density at radius 3 is 2.18 bits per heavy atom. The standard InChI is InChI=1S/C18H26N2O2/c1-13(20(3,4)17-7-5-6-8-17)18(22)19-16-11-9-15(10-12-16)14(2)21/h9-13,17H,5-8H2,1-4H3/p+1/t13-/m1/s1. The van der Waals surface area contributed by atoms with E-state index in [2.05, 4.69) is 19.4 Å². The van der Waals surface area contributed by atoms with Gasteiger partial charge in [-0.3, -0.25) is 9.59 Å². The van der Waals surface area contributed by atoms with Crippen LogP contribution in [0.1, 0.15) is 49.9 Å². The van der Waals surface area contributed by atoms with E-state index in [9.17, 15) is 9.59 Å². The van der Waals surface area contributed by atoms with E-state index < -0.39 is 0 Å². The molecular formula is C18H27N2O2+. The van der Waals surface area contributed by atoms with Crippen molar-refractivity contribution in [1.82, 2.24) is 0 Å². The number of quaternary nitrogens is 1. The van der Waals surface area contributed by atoms with E-state index in [0.717, 1.165) is 10.2 Å². The molecule has 1 atom stereocenters. The predicted molar refractivity (Wildman–Crippen MR) is 88.9 cm³/mol. The Bertz CT molecular complexity index is 543. The number of rotatable bonds is 5. The second kappa shape index (κ2) is 6.61. The summed E-state index contributed by atoms with van der Waals surface area (Å²) in [7, 11) is 4.30. The maximum absolute atomic E-state index is 12.5. The zero-order valence-electron chi connectivity index (χ0n) is 14.1. The first-order valence-electron chi connectivity index (χ1n) is 8.07. The molecule has 0 saturated heterocycles. The van der Waals surface area contributed by atoms with Gasteiger partial charge in [0.1, 0.15) is 0 Å². The number of nitrogens with one attached hydrogen (secondary N) is 1. The minimum Gasteiger partial charge on any atom is -0.321 e. The molecule has 0 bridgehead atoms. The second-order valence-corrected chi connectivity index (χ2v) is 6.87. The molecule has 1 aliphatic carbocycles. The average molecular weight is 303 g/mol. The van der Waals surface area contributed by atoms with Gasteiger partial charge in [0.2, 0.25) is 0 Å². The number of carbonyl (C=O) groups is 2. The van der Waals surface area contributed by atoms with E-state index >= 15 is 0 Å². The smallest absolute Gasteiger partial charge is 0.282 e. The third kappa shape index (κ3) is 3.55. The van der Waals surface area contributed by atoms with Gasteiger partial charge in [0.05, 0.1) is 20.1 Å². The van der Waals surface area contributed by atoms with Gasteiger partial charge in [-0.15, -0.1) is 0 Å². The molecule has 0 radical (unpaired) electrons. The molecule has 0 heterocycles. The molecule has 0 aromatic heterocycles. The highest BCUT2D eigenvalue weighted by Crippen LogP contribution is 2.29. The average Bonchev–Trinajstić information content (AvgIpc) is 3.01. The molecule has 4 heteroatoms. The van der Waals surface area contributed by atoms with Gasteiger partial charge in [-0.05, 0) is 63.8 Å². The fraction of sp³-hybridized carbons (Fsp3) is 0.556. The predicted octanol–water partition coefficient (Wildman–Crippen LogP) is 3.24. The monoisotopic (exact) mass is 303 g/mol. The molecule has 2 rings (SSSR count). The van der Waals surface area contributed by atoms with Crippen LogP contribution >= 0.6 is 0 Å². The van der Waals surface area contributed by atoms with E-state index in [0.29, 0.717) is 11.6 Å². The lowest BCUT2D eigenvalue weighted by atomic mass is 10.1. The number of likely N-dealkylation sites (N-methyl/N-ethyl adjacent to an activating group) is 1. The van der Waals surface area contributed by atoms with E-state index in [4.69, 9.17) is 0 Å². The zero-order valence-corrected chi connectivity index (χ0v) is 14.1. The number of carbonyl (C=O) groups excluding carboxylic acids is 2. The summed E-state index contributed by atoms with van der Waals surface area (Å²) in [5.74, 6) is 0.0674. The maximum Gasteiger partial charge on any atom is 0.282 e. The van der Waals surface area contributed by atoms with Gasteiger partial charge < -0.3 is 9.80 Å². The Balaban J connectivity index is 2.02. The third-order valence-corrected chi connectivity index (χ3v) is 5.20. The maximum atomic E-state index is 12.5. The summed E-state index contributed by atoms with van der Waals surface area (Å²) in [5, 5.41) is 2.97. The van der Waals surface area contributed by atoms with Crippen LogP contribution in [0.15, 0.2) is 24.3 Å². The minimum atomic E-state index is -0.101. The van der Waals surface area contributed by atoms with Gasteiger partial charge in [0.25, 0.3) is 5.91 Å². The molecule has 1 saturated carbocycles. The SMILES string of the molecule is CC(=O)c1ccc(NC(=O)[C@@H](C)[N+](C)(C)C2CCCC2)cc1. The Morgan fingerprint density at radius 2 is 1.68 bits per heavy atom. The van der Waals surface area contributed by atoms with Crippen LogP contribution in [0.2, 0.25) is 0 Å². The molecule has 0 unspecified atom stereocenters. The summed E-state index contributed by atoms with van der Waals surface area (Å²) in [4.78, 5) is 23.8. The lowest BCUT2D eigenvalue weighted by Gasteiger charge is -2.40. The molecule has 1 amide bonds. The van der Waals surface area contributed by atoms with Crippen LogP contribution in [0.4, 0.5) is 5.69 Å². The molecule has 22 heavy (non-hydrogen) atoms. The first kappa shape index (κ1) is 16.7. The van der Waals surface area contributed by atoms with Gasteiger partial charge >= 0.3 is 0 Å². The Kier molecular flexibility index (Phi) is 5.01. The van der Waals surface area contributed by atoms with Crippen molar-refractivity contribution >= 4 is 17.4 Å². The van der Waals surface area contributed by atoms with Crippen LogP contribution in [0.3, 0.4) is 0 Å². The molecule has 1 fully saturated rings. The Hall–Kier alpha value is -1.68. The van der Waals surface area contributed by atoms with Gasteiger partial charge in [-0.1, -0.05) is 0 Å². The van der Waals surface area contributed by atoms with Crippen LogP contribution in [-0.4, -0.2) is 42.4 Å². The Labute approximate surface area is 133 Å².